The zero-order valence-electron chi connectivity index (χ0n) is 7.62. The van der Waals surface area contributed by atoms with Crippen molar-refractivity contribution in [3.63, 3.8) is 0 Å². The van der Waals surface area contributed by atoms with Crippen molar-refractivity contribution < 1.29 is 9.18 Å². The van der Waals surface area contributed by atoms with Crippen LogP contribution in [0.3, 0.4) is 0 Å². The van der Waals surface area contributed by atoms with E-state index >= 15 is 0 Å². The number of nitrogens with one attached hydrogen (secondary N) is 1. The van der Waals surface area contributed by atoms with Crippen molar-refractivity contribution >= 4 is 5.91 Å². The molecule has 1 heterocycles. The summed E-state index contributed by atoms with van der Waals surface area (Å²) in [5.41, 5.74) is 0.308. The molecule has 1 N–H and O–H groups in total. The molecule has 1 unspecified atom stereocenters. The zero-order chi connectivity index (χ0) is 9.84. The van der Waals surface area contributed by atoms with Crippen LogP contribution >= 0.6 is 0 Å². The van der Waals surface area contributed by atoms with E-state index in [1.165, 1.54) is 4.68 Å². The molecule has 13 heavy (non-hydrogen) atoms. The van der Waals surface area contributed by atoms with Crippen LogP contribution in [0.15, 0.2) is 12.3 Å². The van der Waals surface area contributed by atoms with Gasteiger partial charge in [-0.2, -0.15) is 5.10 Å². The number of amides is 1. The van der Waals surface area contributed by atoms with Gasteiger partial charge in [0.2, 0.25) is 0 Å². The third-order valence-corrected chi connectivity index (χ3v) is 1.56. The second-order valence-corrected chi connectivity index (χ2v) is 2.90. The molecular formula is C8H12FN3O. The molecule has 0 aliphatic heterocycles. The Morgan fingerprint density at radius 1 is 1.85 bits per heavy atom. The number of nitrogens with zero attached hydrogens (tertiary/aromatic N) is 2. The minimum atomic E-state index is -0.571. The summed E-state index contributed by atoms with van der Waals surface area (Å²) in [7, 11) is 1.72. The number of halogens is 1. The van der Waals surface area contributed by atoms with Gasteiger partial charge in [0.05, 0.1) is 6.04 Å². The third-order valence-electron chi connectivity index (χ3n) is 1.56. The minimum Gasteiger partial charge on any atom is -0.346 e. The van der Waals surface area contributed by atoms with Gasteiger partial charge in [0.15, 0.2) is 0 Å². The molecule has 0 spiro atoms. The van der Waals surface area contributed by atoms with Gasteiger partial charge in [-0.05, 0) is 13.0 Å². The van der Waals surface area contributed by atoms with Crippen molar-refractivity contribution in [1.29, 1.82) is 0 Å². The predicted octanol–water partition coefficient (Wildman–Crippen LogP) is 0.508. The number of hydrogen-bond donors (Lipinski definition) is 1. The summed E-state index contributed by atoms with van der Waals surface area (Å²) in [6.45, 7) is 1.03. The zero-order valence-corrected chi connectivity index (χ0v) is 7.62. The van der Waals surface area contributed by atoms with Gasteiger partial charge < -0.3 is 5.32 Å². The van der Waals surface area contributed by atoms with E-state index in [0.29, 0.717) is 5.69 Å². The lowest BCUT2D eigenvalue weighted by Gasteiger charge is -2.07. The lowest BCUT2D eigenvalue weighted by Crippen LogP contribution is -2.34. The predicted molar refractivity (Wildman–Crippen MR) is 46.1 cm³/mol. The van der Waals surface area contributed by atoms with Crippen molar-refractivity contribution in [1.82, 2.24) is 15.1 Å². The van der Waals surface area contributed by atoms with Gasteiger partial charge in [0.25, 0.3) is 5.91 Å². The number of hydrogen-bond acceptors (Lipinski definition) is 2. The van der Waals surface area contributed by atoms with E-state index in [1.807, 2.05) is 0 Å². The molecule has 0 aliphatic carbocycles. The Kier molecular flexibility index (Phi) is 3.00. The van der Waals surface area contributed by atoms with Gasteiger partial charge >= 0.3 is 0 Å². The molecule has 0 saturated heterocycles. The van der Waals surface area contributed by atoms with Crippen molar-refractivity contribution in [2.24, 2.45) is 7.05 Å². The third kappa shape index (κ3) is 2.54. The molecule has 0 aromatic carbocycles. The number of rotatable bonds is 3. The van der Waals surface area contributed by atoms with Crippen molar-refractivity contribution in [3.8, 4) is 0 Å². The molecule has 0 aliphatic rings. The van der Waals surface area contributed by atoms with Crippen molar-refractivity contribution in [2.75, 3.05) is 6.67 Å². The second-order valence-electron chi connectivity index (χ2n) is 2.90. The van der Waals surface area contributed by atoms with E-state index in [2.05, 4.69) is 10.4 Å². The molecule has 1 aromatic rings. The fourth-order valence-corrected chi connectivity index (χ4v) is 0.872. The number of alkyl halides is 1. The van der Waals surface area contributed by atoms with Crippen molar-refractivity contribution in [3.05, 3.63) is 18.0 Å². The Labute approximate surface area is 75.7 Å². The summed E-state index contributed by atoms with van der Waals surface area (Å²) in [4.78, 5) is 11.3. The maximum absolute atomic E-state index is 12.0. The number of aromatic nitrogens is 2. The summed E-state index contributed by atoms with van der Waals surface area (Å²) < 4.78 is 13.6. The first-order chi connectivity index (χ1) is 6.13. The highest BCUT2D eigenvalue weighted by molar-refractivity contribution is 5.92. The number of carbonyl (C=O) groups excluding carboxylic acids is 1. The number of carbonyl (C=O) groups is 1. The fourth-order valence-electron chi connectivity index (χ4n) is 0.872. The summed E-state index contributed by atoms with van der Waals surface area (Å²) in [5, 5.41) is 6.35. The van der Waals surface area contributed by atoms with E-state index in [1.54, 1.807) is 26.2 Å². The molecule has 0 fully saturated rings. The van der Waals surface area contributed by atoms with Gasteiger partial charge in [0, 0.05) is 13.2 Å². The van der Waals surface area contributed by atoms with Gasteiger partial charge in [0.1, 0.15) is 12.4 Å². The first-order valence-electron chi connectivity index (χ1n) is 4.00. The van der Waals surface area contributed by atoms with Crippen LogP contribution < -0.4 is 5.32 Å². The highest BCUT2D eigenvalue weighted by atomic mass is 19.1. The van der Waals surface area contributed by atoms with Crippen LogP contribution in [0.4, 0.5) is 4.39 Å². The summed E-state index contributed by atoms with van der Waals surface area (Å²) >= 11 is 0. The van der Waals surface area contributed by atoms with E-state index in [-0.39, 0.29) is 5.91 Å². The van der Waals surface area contributed by atoms with Gasteiger partial charge in [-0.15, -0.1) is 0 Å². The average Bonchev–Trinajstić information content (AvgIpc) is 2.51. The van der Waals surface area contributed by atoms with Crippen LogP contribution in [0.5, 0.6) is 0 Å². The Balaban J connectivity index is 2.58. The molecule has 1 amide bonds. The summed E-state index contributed by atoms with van der Waals surface area (Å²) in [6.07, 6.45) is 1.66. The van der Waals surface area contributed by atoms with Crippen LogP contribution in [-0.4, -0.2) is 28.4 Å². The highest BCUT2D eigenvalue weighted by Crippen LogP contribution is 1.95. The van der Waals surface area contributed by atoms with E-state index < -0.39 is 12.7 Å². The molecule has 1 rings (SSSR count). The van der Waals surface area contributed by atoms with Gasteiger partial charge in [-0.1, -0.05) is 0 Å². The molecule has 1 aromatic heterocycles. The topological polar surface area (TPSA) is 46.9 Å². The monoisotopic (exact) mass is 185 g/mol. The number of aryl methyl sites for hydroxylation is 1. The molecule has 4 nitrogen and oxygen atoms in total. The fraction of sp³-hybridized carbons (Fsp3) is 0.500. The Morgan fingerprint density at radius 2 is 2.54 bits per heavy atom. The Morgan fingerprint density at radius 3 is 3.00 bits per heavy atom. The first kappa shape index (κ1) is 9.70. The lowest BCUT2D eigenvalue weighted by molar-refractivity contribution is 0.0928. The van der Waals surface area contributed by atoms with Crippen LogP contribution in [-0.2, 0) is 7.05 Å². The first-order valence-corrected chi connectivity index (χ1v) is 4.00. The molecule has 5 heteroatoms. The van der Waals surface area contributed by atoms with Gasteiger partial charge in [-0.25, -0.2) is 4.39 Å². The molecule has 0 bridgehead atoms. The minimum absolute atomic E-state index is 0.308. The van der Waals surface area contributed by atoms with E-state index in [9.17, 15) is 9.18 Å². The summed E-state index contributed by atoms with van der Waals surface area (Å²) in [6, 6.07) is 1.12. The van der Waals surface area contributed by atoms with Crippen LogP contribution in [0.1, 0.15) is 17.4 Å². The largest absolute Gasteiger partial charge is 0.346 e. The quantitative estimate of drug-likeness (QED) is 0.745. The molecule has 0 radical (unpaired) electrons. The second kappa shape index (κ2) is 4.02. The average molecular weight is 185 g/mol. The Hall–Kier alpha value is -1.39. The van der Waals surface area contributed by atoms with Crippen molar-refractivity contribution in [2.45, 2.75) is 13.0 Å². The SMILES string of the molecule is CC(CF)NC(=O)c1ccn(C)n1. The highest BCUT2D eigenvalue weighted by Gasteiger charge is 2.11. The smallest absolute Gasteiger partial charge is 0.272 e. The maximum atomic E-state index is 12.0. The maximum Gasteiger partial charge on any atom is 0.272 e. The molecule has 72 valence electrons. The van der Waals surface area contributed by atoms with E-state index in [0.717, 1.165) is 0 Å². The van der Waals surface area contributed by atoms with Crippen LogP contribution in [0, 0.1) is 0 Å². The molecular weight excluding hydrogens is 173 g/mol. The lowest BCUT2D eigenvalue weighted by atomic mass is 10.3. The summed E-state index contributed by atoms with van der Waals surface area (Å²) in [5.74, 6) is -0.342. The molecule has 1 atom stereocenters. The van der Waals surface area contributed by atoms with Crippen LogP contribution in [0.2, 0.25) is 0 Å². The normalized spacial score (nSPS) is 12.5. The van der Waals surface area contributed by atoms with Gasteiger partial charge in [-0.3, -0.25) is 9.48 Å². The Bertz CT molecular complexity index is 297. The van der Waals surface area contributed by atoms with Crippen LogP contribution in [0.25, 0.3) is 0 Å². The standard InChI is InChI=1S/C8H12FN3O/c1-6(5-9)10-8(13)7-3-4-12(2)11-7/h3-4,6H,5H2,1-2H3,(H,10,13). The van der Waals surface area contributed by atoms with E-state index in [4.69, 9.17) is 0 Å². The molecule has 0 saturated carbocycles.